The molecular weight excluding hydrogens is 201 g/mol. The minimum Gasteiger partial charge on any atom is -0.473 e. The molecule has 0 fully saturated rings. The van der Waals surface area contributed by atoms with Crippen LogP contribution < -0.4 is 0 Å². The lowest BCUT2D eigenvalue weighted by molar-refractivity contribution is 0.546. The maximum atomic E-state index is 13.1. The molecule has 3 heterocycles. The fraction of sp³-hybridized carbons (Fsp3) is 0.111. The normalized spacial score (nSPS) is 21.1. The molecule has 0 radical (unpaired) electrons. The molecule has 3 nitrogen and oxygen atoms in total. The van der Waals surface area contributed by atoms with Crippen LogP contribution in [0.5, 0.6) is 0 Å². The molecule has 0 saturated carbocycles. The summed E-state index contributed by atoms with van der Waals surface area (Å²) in [6.45, 7) is 0. The Morgan fingerprint density at radius 1 is 1.50 bits per heavy atom. The van der Waals surface area contributed by atoms with Crippen molar-refractivity contribution in [2.24, 2.45) is 0 Å². The summed E-state index contributed by atoms with van der Waals surface area (Å²) < 4.78 is 14.3. The topological polar surface area (TPSA) is 30.2 Å². The first-order valence-corrected chi connectivity index (χ1v) is 5.64. The number of hydrogen-bond acceptors (Lipinski definition) is 3. The molecule has 0 aliphatic carbocycles. The third-order valence-corrected chi connectivity index (χ3v) is 3.52. The number of hydrogen-bond donors (Lipinski definition) is 0. The summed E-state index contributed by atoms with van der Waals surface area (Å²) in [6, 6.07) is 3.65. The Kier molecular flexibility index (Phi) is 1.47. The monoisotopic (exact) mass is 208 g/mol. The summed E-state index contributed by atoms with van der Waals surface area (Å²) in [6.07, 6.45) is 1.17. The van der Waals surface area contributed by atoms with E-state index in [1.54, 1.807) is 6.07 Å². The van der Waals surface area contributed by atoms with Gasteiger partial charge >= 0.3 is 0 Å². The van der Waals surface area contributed by atoms with Gasteiger partial charge in [-0.2, -0.15) is 14.0 Å². The molecule has 2 aromatic heterocycles. The highest BCUT2D eigenvalue weighted by Crippen LogP contribution is 2.22. The molecule has 0 spiro atoms. The number of aromatic nitrogens is 3. The van der Waals surface area contributed by atoms with E-state index in [2.05, 4.69) is 21.3 Å². The van der Waals surface area contributed by atoms with E-state index in [0.29, 0.717) is 10.9 Å². The van der Waals surface area contributed by atoms with Gasteiger partial charge in [-0.25, -0.2) is 16.2 Å². The van der Waals surface area contributed by atoms with Crippen LogP contribution in [0.4, 0.5) is 4.39 Å². The van der Waals surface area contributed by atoms with Crippen molar-refractivity contribution in [1.82, 2.24) is 14.6 Å². The smallest absolute Gasteiger partial charge is 0.234 e. The average Bonchev–Trinajstić information content (AvgIpc) is 2.81. The van der Waals surface area contributed by atoms with Gasteiger partial charge in [0.05, 0.1) is 6.20 Å². The molecule has 0 aromatic carbocycles. The van der Waals surface area contributed by atoms with Crippen molar-refractivity contribution in [2.75, 3.05) is 0 Å². The van der Waals surface area contributed by atoms with Crippen molar-refractivity contribution in [3.8, 4) is 0 Å². The van der Waals surface area contributed by atoms with Crippen LogP contribution in [0.3, 0.4) is 0 Å². The third-order valence-electron chi connectivity index (χ3n) is 2.18. The third kappa shape index (κ3) is 1.05. The van der Waals surface area contributed by atoms with E-state index in [1.165, 1.54) is 10.7 Å². The van der Waals surface area contributed by atoms with Crippen molar-refractivity contribution < 1.29 is 4.39 Å². The van der Waals surface area contributed by atoms with Gasteiger partial charge in [-0.1, -0.05) is 5.25 Å². The largest absolute Gasteiger partial charge is 0.473 e. The highest BCUT2D eigenvalue weighted by Gasteiger charge is 2.09. The van der Waals surface area contributed by atoms with Crippen LogP contribution >= 0.6 is 0 Å². The van der Waals surface area contributed by atoms with Gasteiger partial charge in [-0.05, 0) is 12.1 Å². The van der Waals surface area contributed by atoms with Crippen LogP contribution in [-0.2, 0) is 10.1 Å². The molecular formula is C9H7FN3S-. The Hall–Kier alpha value is -1.36. The lowest BCUT2D eigenvalue weighted by Crippen LogP contribution is -1.99. The summed E-state index contributed by atoms with van der Waals surface area (Å²) >= 11 is 0. The fourth-order valence-corrected chi connectivity index (χ4v) is 2.43. The number of halogens is 1. The predicted molar refractivity (Wildman–Crippen MR) is 56.2 cm³/mol. The minimum absolute atomic E-state index is 0.0691. The minimum atomic E-state index is -0.425. The summed E-state index contributed by atoms with van der Waals surface area (Å²) in [4.78, 5) is 3.86. The second-order valence-corrected chi connectivity index (χ2v) is 4.85. The van der Waals surface area contributed by atoms with Gasteiger partial charge < -0.3 is 10.1 Å². The predicted octanol–water partition coefficient (Wildman–Crippen LogP) is 0.776. The van der Waals surface area contributed by atoms with Gasteiger partial charge in [-0.3, -0.25) is 0 Å². The van der Waals surface area contributed by atoms with E-state index in [0.717, 1.165) is 5.69 Å². The van der Waals surface area contributed by atoms with E-state index in [9.17, 15) is 4.39 Å². The molecule has 0 bridgehead atoms. The van der Waals surface area contributed by atoms with E-state index >= 15 is 0 Å². The highest BCUT2D eigenvalue weighted by atomic mass is 32.2. The number of imidazole rings is 1. The summed E-state index contributed by atoms with van der Waals surface area (Å²) in [5, 5.41) is 6.57. The zero-order valence-corrected chi connectivity index (χ0v) is 8.04. The van der Waals surface area contributed by atoms with Gasteiger partial charge in [0.25, 0.3) is 0 Å². The quantitative estimate of drug-likeness (QED) is 0.512. The van der Waals surface area contributed by atoms with Crippen molar-refractivity contribution in [1.29, 1.82) is 0 Å². The second kappa shape index (κ2) is 2.57. The lowest BCUT2D eigenvalue weighted by atomic mass is 10.3. The first-order chi connectivity index (χ1) is 6.75. The maximum absolute atomic E-state index is 13.1. The summed E-state index contributed by atoms with van der Waals surface area (Å²) in [5.74, 6) is 3.49. The van der Waals surface area contributed by atoms with E-state index in [4.69, 9.17) is 0 Å². The fourth-order valence-electron chi connectivity index (χ4n) is 1.36. The Bertz CT molecular complexity index is 595. The zero-order chi connectivity index (χ0) is 9.71. The Morgan fingerprint density at radius 2 is 2.29 bits per heavy atom. The molecule has 2 aromatic rings. The molecule has 0 saturated heterocycles. The molecule has 5 heteroatoms. The molecule has 72 valence electrons. The van der Waals surface area contributed by atoms with Crippen molar-refractivity contribution >= 4 is 27.0 Å². The van der Waals surface area contributed by atoms with Crippen LogP contribution in [-0.4, -0.2) is 25.8 Å². The van der Waals surface area contributed by atoms with Crippen LogP contribution in [0.1, 0.15) is 10.9 Å². The average molecular weight is 208 g/mol. The molecule has 3 rings (SSSR count). The van der Waals surface area contributed by atoms with Crippen LogP contribution in [0.2, 0.25) is 0 Å². The second-order valence-electron chi connectivity index (χ2n) is 3.14. The van der Waals surface area contributed by atoms with Crippen molar-refractivity contribution in [3.63, 3.8) is 0 Å². The van der Waals surface area contributed by atoms with Gasteiger partial charge in [-0.15, -0.1) is 0 Å². The molecule has 14 heavy (non-hydrogen) atoms. The highest BCUT2D eigenvalue weighted by molar-refractivity contribution is 8.01. The van der Waals surface area contributed by atoms with E-state index in [1.807, 2.05) is 6.07 Å². The first kappa shape index (κ1) is 7.99. The van der Waals surface area contributed by atoms with Gasteiger partial charge in [0, 0.05) is 5.69 Å². The number of fused-ring (bicyclic) bond motifs is 1. The van der Waals surface area contributed by atoms with Crippen molar-refractivity contribution in [3.05, 3.63) is 30.0 Å². The van der Waals surface area contributed by atoms with Crippen LogP contribution in [0.15, 0.2) is 18.3 Å². The lowest BCUT2D eigenvalue weighted by Gasteiger charge is -2.03. The van der Waals surface area contributed by atoms with Crippen molar-refractivity contribution in [2.45, 2.75) is 5.25 Å². The molecule has 1 aliphatic rings. The van der Waals surface area contributed by atoms with Gasteiger partial charge in [0.1, 0.15) is 0 Å². The maximum Gasteiger partial charge on any atom is 0.234 e. The summed E-state index contributed by atoms with van der Waals surface area (Å²) in [5.41, 5.74) is 1.41. The zero-order valence-electron chi connectivity index (χ0n) is 7.22. The molecule has 1 unspecified atom stereocenters. The number of rotatable bonds is 1. The van der Waals surface area contributed by atoms with Gasteiger partial charge in [0.15, 0.2) is 5.65 Å². The Morgan fingerprint density at radius 3 is 3.00 bits per heavy atom. The van der Waals surface area contributed by atoms with Crippen LogP contribution in [0.25, 0.3) is 5.65 Å². The summed E-state index contributed by atoms with van der Waals surface area (Å²) in [7, 11) is 0.0691. The van der Waals surface area contributed by atoms with E-state index in [-0.39, 0.29) is 10.1 Å². The SMILES string of the molecule is C=[S-]1=CC1c1ccc2ncc(F)n2n1. The standard InChI is InChI=1S/C9H7FN3S/c1-14-5-7(14)6-2-3-9-11-4-8(10)13(9)12-6/h2-5,7H,1H2/q-1. The van der Waals surface area contributed by atoms with E-state index < -0.39 is 5.95 Å². The Labute approximate surface area is 81.7 Å². The van der Waals surface area contributed by atoms with Crippen LogP contribution in [0, 0.1) is 5.95 Å². The number of nitrogens with zero attached hydrogens (tertiary/aromatic N) is 3. The Balaban J connectivity index is 2.19. The van der Waals surface area contributed by atoms with Gasteiger partial charge in [0.2, 0.25) is 5.95 Å². The first-order valence-electron chi connectivity index (χ1n) is 4.12. The molecule has 1 aliphatic heterocycles. The molecule has 0 N–H and O–H groups in total. The molecule has 0 amide bonds. The molecule has 1 atom stereocenters.